The first kappa shape index (κ1) is 25.4. The second-order valence-electron chi connectivity index (χ2n) is 4.06. The summed E-state index contributed by atoms with van der Waals surface area (Å²) in [5.74, 6) is -2.12. The van der Waals surface area contributed by atoms with Gasteiger partial charge in [-0.25, -0.2) is 0 Å². The van der Waals surface area contributed by atoms with Crippen molar-refractivity contribution in [1.29, 1.82) is 0 Å². The van der Waals surface area contributed by atoms with Gasteiger partial charge in [-0.15, -0.1) is 69.6 Å². The van der Waals surface area contributed by atoms with E-state index >= 15 is 0 Å². The van der Waals surface area contributed by atoms with Crippen molar-refractivity contribution in [1.82, 2.24) is 5.32 Å². The van der Waals surface area contributed by atoms with Crippen molar-refractivity contribution in [3.8, 4) is 0 Å². The predicted molar refractivity (Wildman–Crippen MR) is 86.0 cm³/mol. The third-order valence-electron chi connectivity index (χ3n) is 2.38. The zero-order valence-corrected chi connectivity index (χ0v) is 16.4. The van der Waals surface area contributed by atoms with Crippen molar-refractivity contribution in [2.75, 3.05) is 13.1 Å². The van der Waals surface area contributed by atoms with Crippen molar-refractivity contribution in [3.63, 3.8) is 0 Å². The summed E-state index contributed by atoms with van der Waals surface area (Å²) in [6.45, 7) is -0.626. The number of carboxylic acid groups (broad SMARTS) is 2. The molecule has 1 aliphatic carbocycles. The molecule has 0 unspecified atom stereocenters. The van der Waals surface area contributed by atoms with Crippen molar-refractivity contribution in [2.24, 2.45) is 0 Å². The molecule has 0 aliphatic heterocycles. The van der Waals surface area contributed by atoms with Crippen LogP contribution in [-0.4, -0.2) is 67.5 Å². The summed E-state index contributed by atoms with van der Waals surface area (Å²) in [5.41, 5.74) is 0. The molecule has 0 aromatic carbocycles. The fraction of sp³-hybridized carbons (Fsp3) is 0.800. The van der Waals surface area contributed by atoms with Crippen molar-refractivity contribution >= 4 is 81.5 Å². The minimum absolute atomic E-state index is 0. The standard InChI is InChI=1S/C6H6Cl6.C4H7NO4.Fe/c7-1-2(8)4(10)6(12)5(11)3(1)9;6-3(7)1-5-2-4(8)9;/h1-6H;5H,1-2H2,(H,6,7)(H,8,9);/t1-,2-,3-,4+,5+,6+;;. The molecule has 12 heteroatoms. The van der Waals surface area contributed by atoms with Gasteiger partial charge in [-0.1, -0.05) is 0 Å². The summed E-state index contributed by atoms with van der Waals surface area (Å²) in [7, 11) is 0. The molecule has 0 aromatic rings. The van der Waals surface area contributed by atoms with Crippen LogP contribution in [0, 0.1) is 0 Å². The van der Waals surface area contributed by atoms with Gasteiger partial charge in [0.05, 0.1) is 45.4 Å². The number of carboxylic acids is 2. The van der Waals surface area contributed by atoms with Crippen LogP contribution in [0.25, 0.3) is 0 Å². The first-order valence-electron chi connectivity index (χ1n) is 5.58. The molecular weight excluding hydrogens is 467 g/mol. The molecule has 0 radical (unpaired) electrons. The van der Waals surface area contributed by atoms with Gasteiger partial charge < -0.3 is 10.2 Å². The van der Waals surface area contributed by atoms with E-state index in [-0.39, 0.29) is 30.2 Å². The molecule has 22 heavy (non-hydrogen) atoms. The van der Waals surface area contributed by atoms with Crippen molar-refractivity contribution in [3.05, 3.63) is 0 Å². The smallest absolute Gasteiger partial charge is 0.317 e. The SMILES string of the molecule is Cl[C@H]1[C@H](Cl)[C@@H](Cl)[C@@H](Cl)[C@H](Cl)[C@H]1Cl.O=C(O)CNCC(=O)O.[Fe]. The zero-order valence-electron chi connectivity index (χ0n) is 10.7. The first-order chi connectivity index (χ1) is 9.59. The number of alkyl halides is 6. The van der Waals surface area contributed by atoms with Gasteiger partial charge in [0.25, 0.3) is 0 Å². The van der Waals surface area contributed by atoms with Crippen LogP contribution in [-0.2, 0) is 26.7 Å². The fourth-order valence-corrected chi connectivity index (χ4v) is 3.66. The Hall–Kier alpha value is 1.16. The largest absolute Gasteiger partial charge is 0.480 e. The van der Waals surface area contributed by atoms with Crippen molar-refractivity contribution < 1.29 is 36.9 Å². The van der Waals surface area contributed by atoms with E-state index < -0.39 is 44.2 Å². The maximum absolute atomic E-state index is 9.73. The van der Waals surface area contributed by atoms with Crippen LogP contribution >= 0.6 is 69.6 Å². The van der Waals surface area contributed by atoms with E-state index in [1.165, 1.54) is 0 Å². The molecular formula is C10H13Cl6FeNO4. The van der Waals surface area contributed by atoms with E-state index in [1.54, 1.807) is 0 Å². The van der Waals surface area contributed by atoms with Gasteiger partial charge in [0, 0.05) is 17.1 Å². The van der Waals surface area contributed by atoms with Gasteiger partial charge in [0.15, 0.2) is 0 Å². The minimum Gasteiger partial charge on any atom is -0.480 e. The Morgan fingerprint density at radius 1 is 0.682 bits per heavy atom. The summed E-state index contributed by atoms with van der Waals surface area (Å²) in [6, 6.07) is 0. The zero-order chi connectivity index (χ0) is 16.7. The molecule has 1 aliphatic rings. The summed E-state index contributed by atoms with van der Waals surface area (Å²) in [6.07, 6.45) is 0. The van der Waals surface area contributed by atoms with Gasteiger partial charge in [-0.05, 0) is 0 Å². The van der Waals surface area contributed by atoms with Crippen LogP contribution in [0.3, 0.4) is 0 Å². The van der Waals surface area contributed by atoms with E-state index in [0.29, 0.717) is 0 Å². The minimum atomic E-state index is -1.06. The maximum atomic E-state index is 9.73. The second kappa shape index (κ2) is 12.5. The molecule has 0 atom stereocenters. The Kier molecular flexibility index (Phi) is 14.4. The number of hydrogen-bond donors (Lipinski definition) is 3. The number of hydrogen-bond acceptors (Lipinski definition) is 3. The van der Waals surface area contributed by atoms with Gasteiger partial charge in [-0.3, -0.25) is 14.9 Å². The van der Waals surface area contributed by atoms with Crippen LogP contribution in [0.15, 0.2) is 0 Å². The molecule has 1 fully saturated rings. The summed E-state index contributed by atoms with van der Waals surface area (Å²) < 4.78 is 0. The molecule has 132 valence electrons. The second-order valence-corrected chi connectivity index (χ2v) is 7.08. The molecule has 0 bridgehead atoms. The van der Waals surface area contributed by atoms with Crippen LogP contribution in [0.5, 0.6) is 0 Å². The summed E-state index contributed by atoms with van der Waals surface area (Å²) in [5, 5.41) is 15.5. The van der Waals surface area contributed by atoms with E-state index in [1.807, 2.05) is 0 Å². The van der Waals surface area contributed by atoms with Crippen LogP contribution in [0.1, 0.15) is 0 Å². The van der Waals surface area contributed by atoms with Gasteiger partial charge in [-0.2, -0.15) is 0 Å². The van der Waals surface area contributed by atoms with E-state index in [2.05, 4.69) is 5.32 Å². The maximum Gasteiger partial charge on any atom is 0.317 e. The number of halogens is 6. The molecule has 1 saturated carbocycles. The Labute approximate surface area is 168 Å². The van der Waals surface area contributed by atoms with Crippen LogP contribution < -0.4 is 5.32 Å². The van der Waals surface area contributed by atoms with E-state index in [9.17, 15) is 9.59 Å². The Morgan fingerprint density at radius 2 is 0.864 bits per heavy atom. The topological polar surface area (TPSA) is 86.6 Å². The Morgan fingerprint density at radius 3 is 1.00 bits per heavy atom. The Balaban J connectivity index is 0. The molecule has 0 saturated heterocycles. The number of carbonyl (C=O) groups is 2. The quantitative estimate of drug-likeness (QED) is 0.426. The van der Waals surface area contributed by atoms with E-state index in [0.717, 1.165) is 0 Å². The monoisotopic (exact) mass is 477 g/mol. The normalized spacial score (nSPS) is 33.9. The molecule has 0 amide bonds. The molecule has 1 rings (SSSR count). The number of nitrogens with one attached hydrogen (secondary N) is 1. The fourth-order valence-electron chi connectivity index (χ4n) is 1.33. The third-order valence-corrected chi connectivity index (χ3v) is 6.41. The molecule has 0 heterocycles. The third kappa shape index (κ3) is 8.86. The summed E-state index contributed by atoms with van der Waals surface area (Å²) >= 11 is 35.3. The van der Waals surface area contributed by atoms with Gasteiger partial charge in [0.2, 0.25) is 0 Å². The average molecular weight is 480 g/mol. The van der Waals surface area contributed by atoms with Gasteiger partial charge >= 0.3 is 11.9 Å². The molecule has 3 N–H and O–H groups in total. The first-order valence-corrected chi connectivity index (χ1v) is 8.20. The average Bonchev–Trinajstić information content (AvgIpc) is 2.41. The number of rotatable bonds is 4. The van der Waals surface area contributed by atoms with Crippen LogP contribution in [0.2, 0.25) is 0 Å². The predicted octanol–water partition coefficient (Wildman–Crippen LogP) is 2.39. The van der Waals surface area contributed by atoms with Gasteiger partial charge in [0.1, 0.15) is 0 Å². The molecule has 0 spiro atoms. The summed E-state index contributed by atoms with van der Waals surface area (Å²) in [4.78, 5) is 19.5. The molecule has 5 nitrogen and oxygen atoms in total. The number of aliphatic carboxylic acids is 2. The Bertz CT molecular complexity index is 294. The van der Waals surface area contributed by atoms with E-state index in [4.69, 9.17) is 79.8 Å². The van der Waals surface area contributed by atoms with Crippen LogP contribution in [0.4, 0.5) is 0 Å². The van der Waals surface area contributed by atoms with Crippen molar-refractivity contribution in [2.45, 2.75) is 32.3 Å². The molecule has 0 aromatic heterocycles.